The lowest BCUT2D eigenvalue weighted by Crippen LogP contribution is -1.99. The zero-order chi connectivity index (χ0) is 12.5. The van der Waals surface area contributed by atoms with Gasteiger partial charge in [0.25, 0.3) is 0 Å². The molecule has 0 aliphatic carbocycles. The largest absolute Gasteiger partial charge is 0.478 e. The summed E-state index contributed by atoms with van der Waals surface area (Å²) in [5.41, 5.74) is 3.23. The molecule has 0 aliphatic rings. The van der Waals surface area contributed by atoms with Crippen LogP contribution in [0.4, 0.5) is 0 Å². The van der Waals surface area contributed by atoms with Gasteiger partial charge in [0.2, 0.25) is 0 Å². The van der Waals surface area contributed by atoms with E-state index in [9.17, 15) is 9.90 Å². The van der Waals surface area contributed by atoms with E-state index in [0.29, 0.717) is 12.0 Å². The maximum absolute atomic E-state index is 11.3. The second kappa shape index (κ2) is 4.07. The van der Waals surface area contributed by atoms with Crippen LogP contribution in [0.15, 0.2) is 49.1 Å². The molecule has 0 spiro atoms. The molecule has 3 aromatic rings. The summed E-state index contributed by atoms with van der Waals surface area (Å²) >= 11 is 0. The van der Waals surface area contributed by atoms with E-state index in [4.69, 9.17) is 0 Å². The smallest absolute Gasteiger partial charge is 0.337 e. The van der Waals surface area contributed by atoms with E-state index in [2.05, 4.69) is 4.98 Å². The lowest BCUT2D eigenvalue weighted by Gasteiger charge is -2.00. The lowest BCUT2D eigenvalue weighted by atomic mass is 10.0. The Morgan fingerprint density at radius 1 is 1.33 bits per heavy atom. The summed E-state index contributed by atoms with van der Waals surface area (Å²) in [6.45, 7) is 0. The standard InChI is InChI=1S/C14H12N2O2/c17-14(18)12-9-16-6-2-1-3-13(16)11(12)7-10-4-5-15-8-10/h1-6,8-9,15H,7H2,(H,17,18). The maximum Gasteiger partial charge on any atom is 0.337 e. The van der Waals surface area contributed by atoms with Crippen molar-refractivity contribution in [1.82, 2.24) is 9.38 Å². The average molecular weight is 240 g/mol. The molecule has 4 heteroatoms. The molecule has 18 heavy (non-hydrogen) atoms. The number of carboxylic acids is 1. The number of aromatic nitrogens is 2. The van der Waals surface area contributed by atoms with Gasteiger partial charge in [-0.1, -0.05) is 6.07 Å². The molecule has 0 saturated carbocycles. The van der Waals surface area contributed by atoms with Gasteiger partial charge in [0, 0.05) is 36.7 Å². The van der Waals surface area contributed by atoms with Gasteiger partial charge in [0.05, 0.1) is 5.56 Å². The number of hydrogen-bond donors (Lipinski definition) is 2. The van der Waals surface area contributed by atoms with Crippen LogP contribution in [0.25, 0.3) is 5.52 Å². The second-order valence-corrected chi connectivity index (χ2v) is 4.22. The first-order valence-corrected chi connectivity index (χ1v) is 5.69. The highest BCUT2D eigenvalue weighted by atomic mass is 16.4. The zero-order valence-electron chi connectivity index (χ0n) is 9.63. The molecule has 3 aromatic heterocycles. The van der Waals surface area contributed by atoms with E-state index in [0.717, 1.165) is 16.6 Å². The van der Waals surface area contributed by atoms with Crippen LogP contribution < -0.4 is 0 Å². The van der Waals surface area contributed by atoms with Gasteiger partial charge >= 0.3 is 5.97 Å². The van der Waals surface area contributed by atoms with Crippen molar-refractivity contribution in [2.24, 2.45) is 0 Å². The van der Waals surface area contributed by atoms with Crippen LogP contribution in [0.3, 0.4) is 0 Å². The van der Waals surface area contributed by atoms with E-state index in [-0.39, 0.29) is 0 Å². The van der Waals surface area contributed by atoms with Crippen LogP contribution in [0.5, 0.6) is 0 Å². The number of rotatable bonds is 3. The SMILES string of the molecule is O=C(O)c1cn2ccccc2c1Cc1cc[nH]c1. The fourth-order valence-electron chi connectivity index (χ4n) is 2.22. The van der Waals surface area contributed by atoms with Crippen LogP contribution >= 0.6 is 0 Å². The highest BCUT2D eigenvalue weighted by molar-refractivity contribution is 5.92. The van der Waals surface area contributed by atoms with Gasteiger partial charge in [0.1, 0.15) is 0 Å². The number of carbonyl (C=O) groups is 1. The van der Waals surface area contributed by atoms with Gasteiger partial charge in [-0.2, -0.15) is 0 Å². The van der Waals surface area contributed by atoms with Gasteiger partial charge in [-0.25, -0.2) is 4.79 Å². The molecule has 0 bridgehead atoms. The summed E-state index contributed by atoms with van der Waals surface area (Å²) in [4.78, 5) is 14.3. The first-order chi connectivity index (χ1) is 8.75. The first kappa shape index (κ1) is 10.7. The second-order valence-electron chi connectivity index (χ2n) is 4.22. The molecule has 0 unspecified atom stereocenters. The number of hydrogen-bond acceptors (Lipinski definition) is 1. The third-order valence-electron chi connectivity index (χ3n) is 3.07. The molecule has 3 rings (SSSR count). The van der Waals surface area contributed by atoms with Crippen LogP contribution in [0.2, 0.25) is 0 Å². The Balaban J connectivity index is 2.18. The number of nitrogens with zero attached hydrogens (tertiary/aromatic N) is 1. The van der Waals surface area contributed by atoms with Crippen molar-refractivity contribution >= 4 is 11.5 Å². The van der Waals surface area contributed by atoms with Crippen LogP contribution in [-0.4, -0.2) is 20.5 Å². The van der Waals surface area contributed by atoms with E-state index in [1.165, 1.54) is 0 Å². The Hall–Kier alpha value is -2.49. The number of carboxylic acid groups (broad SMARTS) is 1. The van der Waals surface area contributed by atoms with Crippen molar-refractivity contribution in [2.75, 3.05) is 0 Å². The molecule has 0 radical (unpaired) electrons. The van der Waals surface area contributed by atoms with E-state index in [1.54, 1.807) is 6.20 Å². The molecule has 0 fully saturated rings. The molecule has 90 valence electrons. The summed E-state index contributed by atoms with van der Waals surface area (Å²) in [6.07, 6.45) is 7.87. The van der Waals surface area contributed by atoms with Gasteiger partial charge in [-0.15, -0.1) is 0 Å². The number of aromatic amines is 1. The first-order valence-electron chi connectivity index (χ1n) is 5.69. The summed E-state index contributed by atoms with van der Waals surface area (Å²) in [6, 6.07) is 7.70. The van der Waals surface area contributed by atoms with Crippen molar-refractivity contribution in [1.29, 1.82) is 0 Å². The van der Waals surface area contributed by atoms with Crippen molar-refractivity contribution in [2.45, 2.75) is 6.42 Å². The zero-order valence-corrected chi connectivity index (χ0v) is 9.63. The van der Waals surface area contributed by atoms with E-state index in [1.807, 2.05) is 47.3 Å². The quantitative estimate of drug-likeness (QED) is 0.739. The van der Waals surface area contributed by atoms with Crippen LogP contribution in [0.1, 0.15) is 21.5 Å². The molecule has 0 saturated heterocycles. The van der Waals surface area contributed by atoms with Gasteiger partial charge in [-0.3, -0.25) is 0 Å². The van der Waals surface area contributed by atoms with Gasteiger partial charge in [0.15, 0.2) is 0 Å². The molecular weight excluding hydrogens is 228 g/mol. The molecular formula is C14H12N2O2. The number of H-pyrrole nitrogens is 1. The minimum Gasteiger partial charge on any atom is -0.478 e. The maximum atomic E-state index is 11.3. The third kappa shape index (κ3) is 1.68. The molecule has 4 nitrogen and oxygen atoms in total. The number of pyridine rings is 1. The average Bonchev–Trinajstić information content (AvgIpc) is 2.98. The monoisotopic (exact) mass is 240 g/mol. The van der Waals surface area contributed by atoms with Gasteiger partial charge in [-0.05, 0) is 29.3 Å². The molecule has 0 atom stereocenters. The Morgan fingerprint density at radius 2 is 2.22 bits per heavy atom. The Kier molecular flexibility index (Phi) is 2.41. The van der Waals surface area contributed by atoms with Crippen LogP contribution in [-0.2, 0) is 6.42 Å². The summed E-state index contributed by atoms with van der Waals surface area (Å²) in [5, 5.41) is 9.27. The van der Waals surface area contributed by atoms with Crippen molar-refractivity contribution in [3.63, 3.8) is 0 Å². The Bertz CT molecular complexity index is 696. The molecule has 0 aliphatic heterocycles. The van der Waals surface area contributed by atoms with E-state index >= 15 is 0 Å². The predicted molar refractivity (Wildman–Crippen MR) is 68.0 cm³/mol. The minimum atomic E-state index is -0.885. The highest BCUT2D eigenvalue weighted by Gasteiger charge is 2.16. The number of fused-ring (bicyclic) bond motifs is 1. The summed E-state index contributed by atoms with van der Waals surface area (Å²) in [7, 11) is 0. The van der Waals surface area contributed by atoms with Crippen molar-refractivity contribution in [3.05, 3.63) is 65.7 Å². The van der Waals surface area contributed by atoms with Crippen LogP contribution in [0, 0.1) is 0 Å². The Labute approximate surface area is 104 Å². The fourth-order valence-corrected chi connectivity index (χ4v) is 2.22. The topological polar surface area (TPSA) is 57.5 Å². The van der Waals surface area contributed by atoms with Crippen molar-refractivity contribution in [3.8, 4) is 0 Å². The molecule has 2 N–H and O–H groups in total. The number of nitrogens with one attached hydrogen (secondary N) is 1. The Morgan fingerprint density at radius 3 is 2.94 bits per heavy atom. The predicted octanol–water partition coefficient (Wildman–Crippen LogP) is 2.56. The molecule has 3 heterocycles. The lowest BCUT2D eigenvalue weighted by molar-refractivity contribution is 0.0696. The summed E-state index contributed by atoms with van der Waals surface area (Å²) < 4.78 is 1.85. The highest BCUT2D eigenvalue weighted by Crippen LogP contribution is 2.22. The minimum absolute atomic E-state index is 0.363. The van der Waals surface area contributed by atoms with E-state index < -0.39 is 5.97 Å². The van der Waals surface area contributed by atoms with Gasteiger partial charge < -0.3 is 14.5 Å². The number of aromatic carboxylic acids is 1. The molecule has 0 aromatic carbocycles. The van der Waals surface area contributed by atoms with Crippen molar-refractivity contribution < 1.29 is 9.90 Å². The third-order valence-corrected chi connectivity index (χ3v) is 3.07. The normalized spacial score (nSPS) is 10.9. The molecule has 0 amide bonds. The fraction of sp³-hybridized carbons (Fsp3) is 0.0714. The summed E-state index contributed by atoms with van der Waals surface area (Å²) in [5.74, 6) is -0.885.